The van der Waals surface area contributed by atoms with Crippen LogP contribution < -0.4 is 9.47 Å². The largest absolute Gasteiger partial charge is 0.454 e. The Morgan fingerprint density at radius 3 is 2.77 bits per heavy atom. The van der Waals surface area contributed by atoms with Crippen molar-refractivity contribution in [1.82, 2.24) is 24.6 Å². The van der Waals surface area contributed by atoms with Crippen LogP contribution in [0, 0.1) is 5.92 Å². The number of piperidine rings is 1. The maximum atomic E-state index is 12.8. The first-order valence-electron chi connectivity index (χ1n) is 11.0. The van der Waals surface area contributed by atoms with Gasteiger partial charge in [0.25, 0.3) is 5.91 Å². The third-order valence-electron chi connectivity index (χ3n) is 6.26. The van der Waals surface area contributed by atoms with Gasteiger partial charge in [-0.3, -0.25) is 9.69 Å². The van der Waals surface area contributed by atoms with E-state index >= 15 is 0 Å². The molecule has 1 unspecified atom stereocenters. The third kappa shape index (κ3) is 3.88. The SMILES string of the molecule is CC(Cc1ccc2c(c1)OCO2)CN1CCn2c(nnc2C(=O)N2CCCCC2)C1. The average Bonchev–Trinajstić information content (AvgIpc) is 3.40. The van der Waals surface area contributed by atoms with Crippen molar-refractivity contribution in [3.8, 4) is 11.5 Å². The van der Waals surface area contributed by atoms with Crippen molar-refractivity contribution in [2.75, 3.05) is 33.0 Å². The van der Waals surface area contributed by atoms with Gasteiger partial charge in [0.1, 0.15) is 5.82 Å². The smallest absolute Gasteiger partial charge is 0.291 e. The van der Waals surface area contributed by atoms with Crippen molar-refractivity contribution in [3.63, 3.8) is 0 Å². The molecule has 4 heterocycles. The minimum Gasteiger partial charge on any atom is -0.454 e. The van der Waals surface area contributed by atoms with Crippen LogP contribution in [0.2, 0.25) is 0 Å². The summed E-state index contributed by atoms with van der Waals surface area (Å²) in [5.74, 6) is 3.62. The topological polar surface area (TPSA) is 72.7 Å². The molecule has 1 saturated heterocycles. The first kappa shape index (κ1) is 19.4. The van der Waals surface area contributed by atoms with Gasteiger partial charge in [0.15, 0.2) is 11.5 Å². The lowest BCUT2D eigenvalue weighted by Crippen LogP contribution is -2.40. The van der Waals surface area contributed by atoms with Gasteiger partial charge in [0, 0.05) is 32.7 Å². The molecule has 0 aliphatic carbocycles. The fourth-order valence-electron chi connectivity index (χ4n) is 4.74. The van der Waals surface area contributed by atoms with E-state index in [9.17, 15) is 4.79 Å². The van der Waals surface area contributed by atoms with Crippen molar-refractivity contribution in [2.45, 2.75) is 45.7 Å². The van der Waals surface area contributed by atoms with E-state index in [0.717, 1.165) is 75.9 Å². The molecule has 1 atom stereocenters. The second-order valence-electron chi connectivity index (χ2n) is 8.68. The maximum Gasteiger partial charge on any atom is 0.291 e. The molecule has 8 heteroatoms. The van der Waals surface area contributed by atoms with Crippen LogP contribution in [-0.2, 0) is 19.5 Å². The van der Waals surface area contributed by atoms with Gasteiger partial charge >= 0.3 is 0 Å². The number of benzene rings is 1. The number of hydrogen-bond donors (Lipinski definition) is 0. The summed E-state index contributed by atoms with van der Waals surface area (Å²) in [7, 11) is 0. The summed E-state index contributed by atoms with van der Waals surface area (Å²) in [5.41, 5.74) is 1.27. The molecule has 5 rings (SSSR count). The summed E-state index contributed by atoms with van der Waals surface area (Å²) < 4.78 is 12.9. The average molecular weight is 412 g/mol. The van der Waals surface area contributed by atoms with Gasteiger partial charge in [-0.2, -0.15) is 0 Å². The summed E-state index contributed by atoms with van der Waals surface area (Å²) in [6.07, 6.45) is 4.36. The highest BCUT2D eigenvalue weighted by molar-refractivity contribution is 5.90. The van der Waals surface area contributed by atoms with Crippen molar-refractivity contribution in [1.29, 1.82) is 0 Å². The van der Waals surface area contributed by atoms with Crippen LogP contribution in [0.25, 0.3) is 0 Å². The van der Waals surface area contributed by atoms with E-state index in [4.69, 9.17) is 9.47 Å². The number of carbonyl (C=O) groups excluding carboxylic acids is 1. The quantitative estimate of drug-likeness (QED) is 0.752. The molecule has 0 N–H and O–H groups in total. The summed E-state index contributed by atoms with van der Waals surface area (Å²) in [6.45, 7) is 7.67. The monoisotopic (exact) mass is 411 g/mol. The summed E-state index contributed by atoms with van der Waals surface area (Å²) in [4.78, 5) is 17.2. The first-order valence-corrected chi connectivity index (χ1v) is 11.0. The van der Waals surface area contributed by atoms with Gasteiger partial charge < -0.3 is 18.9 Å². The Balaban J connectivity index is 1.19. The molecule has 1 fully saturated rings. The molecule has 3 aliphatic heterocycles. The second kappa shape index (κ2) is 8.26. The standard InChI is InChI=1S/C22H29N5O3/c1-16(11-17-5-6-18-19(12-17)30-15-29-18)13-25-9-10-27-20(14-25)23-24-21(27)22(28)26-7-3-2-4-8-26/h5-6,12,16H,2-4,7-11,13-15H2,1H3. The Hall–Kier alpha value is -2.61. The van der Waals surface area contributed by atoms with Crippen molar-refractivity contribution in [3.05, 3.63) is 35.4 Å². The van der Waals surface area contributed by atoms with Crippen molar-refractivity contribution >= 4 is 5.91 Å². The molecule has 0 spiro atoms. The van der Waals surface area contributed by atoms with Gasteiger partial charge in [-0.25, -0.2) is 0 Å². The third-order valence-corrected chi connectivity index (χ3v) is 6.26. The van der Waals surface area contributed by atoms with Crippen molar-refractivity contribution in [2.24, 2.45) is 5.92 Å². The van der Waals surface area contributed by atoms with Crippen LogP contribution in [0.15, 0.2) is 18.2 Å². The highest BCUT2D eigenvalue weighted by atomic mass is 16.7. The van der Waals surface area contributed by atoms with Gasteiger partial charge in [-0.15, -0.1) is 10.2 Å². The number of carbonyl (C=O) groups is 1. The van der Waals surface area contributed by atoms with E-state index < -0.39 is 0 Å². The van der Waals surface area contributed by atoms with E-state index in [1.165, 1.54) is 12.0 Å². The molecule has 0 radical (unpaired) electrons. The van der Waals surface area contributed by atoms with E-state index in [1.807, 2.05) is 15.5 Å². The number of likely N-dealkylation sites (tertiary alicyclic amines) is 1. The van der Waals surface area contributed by atoms with E-state index in [-0.39, 0.29) is 5.91 Å². The highest BCUT2D eigenvalue weighted by Crippen LogP contribution is 2.33. The Morgan fingerprint density at radius 2 is 1.90 bits per heavy atom. The Bertz CT molecular complexity index is 921. The summed E-state index contributed by atoms with van der Waals surface area (Å²) >= 11 is 0. The lowest BCUT2D eigenvalue weighted by atomic mass is 10.00. The highest BCUT2D eigenvalue weighted by Gasteiger charge is 2.28. The minimum atomic E-state index is 0.0399. The molecule has 8 nitrogen and oxygen atoms in total. The van der Waals surface area contributed by atoms with Crippen molar-refractivity contribution < 1.29 is 14.3 Å². The number of rotatable bonds is 5. The molecular weight excluding hydrogens is 382 g/mol. The molecule has 1 amide bonds. The summed E-state index contributed by atoms with van der Waals surface area (Å²) in [6, 6.07) is 6.20. The first-order chi connectivity index (χ1) is 14.7. The van der Waals surface area contributed by atoms with Gasteiger partial charge in [-0.05, 0) is 49.3 Å². The van der Waals surface area contributed by atoms with E-state index in [0.29, 0.717) is 18.5 Å². The fourth-order valence-corrected chi connectivity index (χ4v) is 4.74. The molecule has 1 aromatic heterocycles. The van der Waals surface area contributed by atoms with Crippen LogP contribution in [0.3, 0.4) is 0 Å². The lowest BCUT2D eigenvalue weighted by molar-refractivity contribution is 0.0702. The van der Waals surface area contributed by atoms with Crippen LogP contribution in [0.1, 0.15) is 48.2 Å². The van der Waals surface area contributed by atoms with Gasteiger partial charge in [0.2, 0.25) is 12.6 Å². The molecular formula is C22H29N5O3. The predicted octanol–water partition coefficient (Wildman–Crippen LogP) is 2.33. The second-order valence-corrected chi connectivity index (χ2v) is 8.68. The number of ether oxygens (including phenoxy) is 2. The minimum absolute atomic E-state index is 0.0399. The molecule has 3 aliphatic rings. The van der Waals surface area contributed by atoms with Crippen LogP contribution in [-0.4, -0.2) is 63.4 Å². The van der Waals surface area contributed by atoms with Crippen LogP contribution >= 0.6 is 0 Å². The molecule has 160 valence electrons. The predicted molar refractivity (Wildman–Crippen MR) is 110 cm³/mol. The molecule has 1 aromatic carbocycles. The summed E-state index contributed by atoms with van der Waals surface area (Å²) in [5, 5.41) is 8.60. The number of hydrogen-bond acceptors (Lipinski definition) is 6. The van der Waals surface area contributed by atoms with E-state index in [2.05, 4.69) is 34.2 Å². The molecule has 2 aromatic rings. The number of fused-ring (bicyclic) bond motifs is 2. The van der Waals surface area contributed by atoms with Gasteiger partial charge in [0.05, 0.1) is 6.54 Å². The fraction of sp³-hybridized carbons (Fsp3) is 0.591. The number of nitrogens with zero attached hydrogens (tertiary/aromatic N) is 5. The van der Waals surface area contributed by atoms with Crippen LogP contribution in [0.5, 0.6) is 11.5 Å². The zero-order chi connectivity index (χ0) is 20.5. The molecule has 0 saturated carbocycles. The maximum absolute atomic E-state index is 12.8. The lowest BCUT2D eigenvalue weighted by Gasteiger charge is -2.31. The molecule has 30 heavy (non-hydrogen) atoms. The Morgan fingerprint density at radius 1 is 1.07 bits per heavy atom. The van der Waals surface area contributed by atoms with E-state index in [1.54, 1.807) is 0 Å². The zero-order valence-electron chi connectivity index (χ0n) is 17.5. The Labute approximate surface area is 176 Å². The van der Waals surface area contributed by atoms with Crippen LogP contribution in [0.4, 0.5) is 0 Å². The normalized spacial score (nSPS) is 19.6. The molecule has 0 bridgehead atoms. The number of amides is 1. The van der Waals surface area contributed by atoms with Gasteiger partial charge in [-0.1, -0.05) is 13.0 Å². The Kier molecular flexibility index (Phi) is 5.33. The zero-order valence-corrected chi connectivity index (χ0v) is 17.5. The number of aromatic nitrogens is 3.